The molecular weight excluding hydrogens is 392 g/mol. The van der Waals surface area contributed by atoms with Gasteiger partial charge in [0.25, 0.3) is 5.91 Å². The number of ether oxygens (including phenoxy) is 3. The molecule has 0 aliphatic carbocycles. The average Bonchev–Trinajstić information content (AvgIpc) is 2.76. The monoisotopic (exact) mass is 412 g/mol. The summed E-state index contributed by atoms with van der Waals surface area (Å²) >= 11 is 6.01. The normalized spacial score (nSPS) is 10.3. The Kier molecular flexibility index (Phi) is 7.30. The van der Waals surface area contributed by atoms with Gasteiger partial charge in [0, 0.05) is 18.9 Å². The summed E-state index contributed by atoms with van der Waals surface area (Å²) in [6.45, 7) is 0.633. The first-order chi connectivity index (χ1) is 14.2. The van der Waals surface area contributed by atoms with Crippen molar-refractivity contribution in [1.82, 2.24) is 10.3 Å². The smallest absolute Gasteiger partial charge is 0.258 e. The van der Waals surface area contributed by atoms with Crippen LogP contribution in [0.4, 0.5) is 0 Å². The molecule has 0 aliphatic heterocycles. The van der Waals surface area contributed by atoms with E-state index in [1.807, 2.05) is 30.3 Å². The minimum absolute atomic E-state index is 0.117. The average molecular weight is 413 g/mol. The molecule has 3 rings (SSSR count). The van der Waals surface area contributed by atoms with Crippen molar-refractivity contribution in [2.45, 2.75) is 13.2 Å². The van der Waals surface area contributed by atoms with Gasteiger partial charge in [-0.05, 0) is 47.5 Å². The first-order valence-corrected chi connectivity index (χ1v) is 9.36. The van der Waals surface area contributed by atoms with Crippen molar-refractivity contribution in [2.24, 2.45) is 0 Å². The lowest BCUT2D eigenvalue weighted by molar-refractivity contribution is -0.123. The van der Waals surface area contributed by atoms with Crippen molar-refractivity contribution in [3.05, 3.63) is 83.1 Å². The minimum atomic E-state index is -0.248. The van der Waals surface area contributed by atoms with Crippen LogP contribution in [0.5, 0.6) is 17.2 Å². The van der Waals surface area contributed by atoms with Crippen LogP contribution in [0.15, 0.2) is 67.0 Å². The number of benzene rings is 2. The molecule has 7 heteroatoms. The maximum Gasteiger partial charge on any atom is 0.258 e. The van der Waals surface area contributed by atoms with E-state index in [2.05, 4.69) is 10.3 Å². The van der Waals surface area contributed by atoms with Gasteiger partial charge in [-0.25, -0.2) is 0 Å². The largest absolute Gasteiger partial charge is 0.493 e. The van der Waals surface area contributed by atoms with E-state index in [1.165, 1.54) is 0 Å². The van der Waals surface area contributed by atoms with E-state index < -0.39 is 0 Å². The minimum Gasteiger partial charge on any atom is -0.493 e. The van der Waals surface area contributed by atoms with Crippen molar-refractivity contribution in [3.63, 3.8) is 0 Å². The molecule has 0 unspecified atom stereocenters. The van der Waals surface area contributed by atoms with Gasteiger partial charge in [-0.3, -0.25) is 9.78 Å². The number of hydrogen-bond donors (Lipinski definition) is 1. The van der Waals surface area contributed by atoms with E-state index in [1.54, 1.807) is 43.8 Å². The second-order valence-electron chi connectivity index (χ2n) is 6.13. The predicted octanol–water partition coefficient (Wildman–Crippen LogP) is 4.02. The molecule has 0 spiro atoms. The Labute approximate surface area is 174 Å². The summed E-state index contributed by atoms with van der Waals surface area (Å²) in [5.41, 5.74) is 1.89. The number of rotatable bonds is 9. The van der Waals surface area contributed by atoms with Crippen molar-refractivity contribution < 1.29 is 19.0 Å². The van der Waals surface area contributed by atoms with Crippen LogP contribution in [0.3, 0.4) is 0 Å². The third-order valence-corrected chi connectivity index (χ3v) is 4.37. The number of aromatic nitrogens is 1. The predicted molar refractivity (Wildman–Crippen MR) is 110 cm³/mol. The molecule has 0 radical (unpaired) electrons. The molecule has 0 fully saturated rings. The van der Waals surface area contributed by atoms with Gasteiger partial charge in [-0.2, -0.15) is 0 Å². The van der Waals surface area contributed by atoms with E-state index in [-0.39, 0.29) is 12.5 Å². The van der Waals surface area contributed by atoms with E-state index in [9.17, 15) is 4.79 Å². The zero-order valence-corrected chi connectivity index (χ0v) is 16.7. The van der Waals surface area contributed by atoms with E-state index in [0.29, 0.717) is 35.4 Å². The molecule has 0 aliphatic rings. The fraction of sp³-hybridized carbons (Fsp3) is 0.182. The van der Waals surface area contributed by atoms with Crippen LogP contribution in [0.25, 0.3) is 0 Å². The number of carbonyl (C=O) groups excluding carboxylic acids is 1. The van der Waals surface area contributed by atoms with Gasteiger partial charge >= 0.3 is 0 Å². The van der Waals surface area contributed by atoms with E-state index >= 15 is 0 Å². The van der Waals surface area contributed by atoms with Crippen molar-refractivity contribution >= 4 is 17.5 Å². The summed E-state index contributed by atoms with van der Waals surface area (Å²) in [4.78, 5) is 16.0. The molecule has 1 aromatic heterocycles. The first kappa shape index (κ1) is 20.5. The standard InChI is InChI=1S/C22H21ClN2O4/c1-27-21-12-17(6-7-20(21)28-14-16-8-10-24-11-9-16)13-25-22(26)15-29-19-5-3-2-4-18(19)23/h2-12H,13-15H2,1H3,(H,25,26). The summed E-state index contributed by atoms with van der Waals surface area (Å²) in [5, 5.41) is 3.27. The SMILES string of the molecule is COc1cc(CNC(=O)COc2ccccc2Cl)ccc1OCc1ccncc1. The van der Waals surface area contributed by atoms with Gasteiger partial charge < -0.3 is 19.5 Å². The maximum absolute atomic E-state index is 12.0. The molecule has 2 aromatic carbocycles. The molecule has 29 heavy (non-hydrogen) atoms. The number of halogens is 1. The van der Waals surface area contributed by atoms with Gasteiger partial charge in [0.15, 0.2) is 18.1 Å². The molecule has 1 amide bonds. The fourth-order valence-corrected chi connectivity index (χ4v) is 2.73. The molecule has 1 heterocycles. The summed E-state index contributed by atoms with van der Waals surface area (Å²) < 4.78 is 16.7. The Morgan fingerprint density at radius 1 is 0.966 bits per heavy atom. The number of nitrogens with zero attached hydrogens (tertiary/aromatic N) is 1. The zero-order chi connectivity index (χ0) is 20.5. The topological polar surface area (TPSA) is 69.7 Å². The third-order valence-electron chi connectivity index (χ3n) is 4.06. The molecule has 150 valence electrons. The molecule has 1 N–H and O–H groups in total. The fourth-order valence-electron chi connectivity index (χ4n) is 2.54. The lowest BCUT2D eigenvalue weighted by atomic mass is 10.2. The Balaban J connectivity index is 1.51. The summed E-state index contributed by atoms with van der Waals surface area (Å²) in [6, 6.07) is 16.3. The molecular formula is C22H21ClN2O4. The van der Waals surface area contributed by atoms with Gasteiger partial charge in [-0.1, -0.05) is 29.8 Å². The number of nitrogens with one attached hydrogen (secondary N) is 1. The first-order valence-electron chi connectivity index (χ1n) is 8.98. The highest BCUT2D eigenvalue weighted by molar-refractivity contribution is 6.32. The van der Waals surface area contributed by atoms with E-state index in [4.69, 9.17) is 25.8 Å². The number of hydrogen-bond acceptors (Lipinski definition) is 5. The van der Waals surface area contributed by atoms with Gasteiger partial charge in [-0.15, -0.1) is 0 Å². The van der Waals surface area contributed by atoms with Crippen LogP contribution in [-0.4, -0.2) is 24.6 Å². The van der Waals surface area contributed by atoms with Crippen LogP contribution >= 0.6 is 11.6 Å². The summed E-state index contributed by atoms with van der Waals surface area (Å²) in [6.07, 6.45) is 3.44. The number of para-hydroxylation sites is 1. The number of methoxy groups -OCH3 is 1. The number of carbonyl (C=O) groups is 1. The second kappa shape index (κ2) is 10.3. The second-order valence-corrected chi connectivity index (χ2v) is 6.53. The molecule has 0 saturated carbocycles. The van der Waals surface area contributed by atoms with Crippen molar-refractivity contribution in [3.8, 4) is 17.2 Å². The molecule has 0 saturated heterocycles. The molecule has 6 nitrogen and oxygen atoms in total. The number of amides is 1. The van der Waals surface area contributed by atoms with Crippen LogP contribution in [0.2, 0.25) is 5.02 Å². The Morgan fingerprint density at radius 3 is 2.52 bits per heavy atom. The Morgan fingerprint density at radius 2 is 1.76 bits per heavy atom. The highest BCUT2D eigenvalue weighted by Crippen LogP contribution is 2.29. The molecule has 3 aromatic rings. The lowest BCUT2D eigenvalue weighted by Gasteiger charge is -2.13. The number of pyridine rings is 1. The third kappa shape index (κ3) is 6.12. The van der Waals surface area contributed by atoms with Crippen molar-refractivity contribution in [1.29, 1.82) is 0 Å². The molecule has 0 bridgehead atoms. The Hall–Kier alpha value is -3.25. The maximum atomic E-state index is 12.0. The summed E-state index contributed by atoms with van der Waals surface area (Å²) in [7, 11) is 1.58. The highest BCUT2D eigenvalue weighted by Gasteiger charge is 2.09. The van der Waals surface area contributed by atoms with Gasteiger partial charge in [0.2, 0.25) is 0 Å². The Bertz CT molecular complexity index is 951. The summed E-state index contributed by atoms with van der Waals surface area (Å²) in [5.74, 6) is 1.45. The van der Waals surface area contributed by atoms with Crippen molar-refractivity contribution in [2.75, 3.05) is 13.7 Å². The van der Waals surface area contributed by atoms with Crippen LogP contribution in [-0.2, 0) is 17.9 Å². The highest BCUT2D eigenvalue weighted by atomic mass is 35.5. The lowest BCUT2D eigenvalue weighted by Crippen LogP contribution is -2.28. The quantitative estimate of drug-likeness (QED) is 0.575. The van der Waals surface area contributed by atoms with Gasteiger partial charge in [0.1, 0.15) is 12.4 Å². The van der Waals surface area contributed by atoms with Crippen LogP contribution < -0.4 is 19.5 Å². The molecule has 0 atom stereocenters. The van der Waals surface area contributed by atoms with Gasteiger partial charge in [0.05, 0.1) is 12.1 Å². The van der Waals surface area contributed by atoms with Crippen LogP contribution in [0, 0.1) is 0 Å². The van der Waals surface area contributed by atoms with E-state index in [0.717, 1.165) is 11.1 Å². The van der Waals surface area contributed by atoms with Crippen LogP contribution in [0.1, 0.15) is 11.1 Å². The zero-order valence-electron chi connectivity index (χ0n) is 15.9.